The van der Waals surface area contributed by atoms with Crippen LogP contribution in [0.3, 0.4) is 0 Å². The molecular formula is C49H62N5O4S2+. The molecule has 2 aliphatic rings. The molecule has 60 heavy (non-hydrogen) atoms. The minimum Gasteiger partial charge on any atom is -0.391 e. The minimum atomic E-state index is -0.224. The van der Waals surface area contributed by atoms with Crippen LogP contribution in [0.25, 0.3) is 24.3 Å². The van der Waals surface area contributed by atoms with Crippen molar-refractivity contribution in [3.63, 3.8) is 0 Å². The van der Waals surface area contributed by atoms with Gasteiger partial charge in [0, 0.05) is 94.7 Å². The topological polar surface area (TPSA) is 91.4 Å². The lowest BCUT2D eigenvalue weighted by Gasteiger charge is -2.17. The average Bonchev–Trinajstić information content (AvgIpc) is 3.92. The maximum absolute atomic E-state index is 12.7. The molecule has 2 fully saturated rings. The summed E-state index contributed by atoms with van der Waals surface area (Å²) in [6.07, 6.45) is 17.4. The molecule has 1 aromatic heterocycles. The van der Waals surface area contributed by atoms with E-state index in [0.29, 0.717) is 39.0 Å². The van der Waals surface area contributed by atoms with Crippen LogP contribution in [-0.4, -0.2) is 109 Å². The number of pyridine rings is 1. The van der Waals surface area contributed by atoms with Gasteiger partial charge in [0.1, 0.15) is 0 Å². The molecule has 2 amide bonds. The third kappa shape index (κ3) is 14.6. The number of hydrogen-bond donors (Lipinski definition) is 2. The third-order valence-electron chi connectivity index (χ3n) is 11.3. The molecule has 2 saturated heterocycles. The highest BCUT2D eigenvalue weighted by atomic mass is 33.1. The molecule has 0 radical (unpaired) electrons. The Labute approximate surface area is 365 Å². The number of aromatic nitrogens is 1. The minimum absolute atomic E-state index is 0.173. The van der Waals surface area contributed by atoms with Gasteiger partial charge in [0.2, 0.25) is 11.8 Å². The summed E-state index contributed by atoms with van der Waals surface area (Å²) >= 11 is 0. The summed E-state index contributed by atoms with van der Waals surface area (Å²) in [6.45, 7) is 5.33. The molecule has 2 unspecified atom stereocenters. The van der Waals surface area contributed by atoms with Gasteiger partial charge in [-0.25, -0.2) is 4.57 Å². The van der Waals surface area contributed by atoms with Crippen LogP contribution in [0.2, 0.25) is 0 Å². The van der Waals surface area contributed by atoms with Crippen molar-refractivity contribution in [2.75, 3.05) is 74.7 Å². The van der Waals surface area contributed by atoms with Crippen LogP contribution in [0.1, 0.15) is 66.3 Å². The van der Waals surface area contributed by atoms with E-state index in [1.807, 2.05) is 23.9 Å². The molecule has 0 saturated carbocycles. The molecule has 6 rings (SSSR count). The average molecular weight is 849 g/mol. The molecule has 2 N–H and O–H groups in total. The van der Waals surface area contributed by atoms with Crippen molar-refractivity contribution in [2.45, 2.75) is 63.7 Å². The number of aliphatic hydroxyl groups excluding tert-OH is 2. The summed E-state index contributed by atoms with van der Waals surface area (Å²) in [5, 5.41) is 19.6. The van der Waals surface area contributed by atoms with Crippen LogP contribution in [0.5, 0.6) is 0 Å². The quantitative estimate of drug-likeness (QED) is 0.0385. The highest BCUT2D eigenvalue weighted by Crippen LogP contribution is 2.25. The van der Waals surface area contributed by atoms with Gasteiger partial charge in [0.15, 0.2) is 18.9 Å². The first-order valence-electron chi connectivity index (χ1n) is 21.4. The number of likely N-dealkylation sites (N-methyl/N-ethyl adjacent to an activating group) is 2. The number of anilines is 2. The second kappa shape index (κ2) is 23.4. The summed E-state index contributed by atoms with van der Waals surface area (Å²) in [7, 11) is 7.36. The number of β-amino-alcohol motifs (C(OH)–C–C–N with tert-alkyl or cyclic N) is 2. The highest BCUT2D eigenvalue weighted by Gasteiger charge is 2.21. The number of hydrogen-bond acceptors (Lipinski definition) is 8. The molecule has 0 spiro atoms. The van der Waals surface area contributed by atoms with Gasteiger partial charge < -0.3 is 29.8 Å². The Kier molecular flexibility index (Phi) is 17.6. The Balaban J connectivity index is 0.768. The monoisotopic (exact) mass is 848 g/mol. The predicted molar refractivity (Wildman–Crippen MR) is 252 cm³/mol. The lowest BCUT2D eigenvalue weighted by atomic mass is 10.1. The van der Waals surface area contributed by atoms with Gasteiger partial charge in [-0.3, -0.25) is 9.59 Å². The summed E-state index contributed by atoms with van der Waals surface area (Å²) in [5.74, 6) is 2.20. The summed E-state index contributed by atoms with van der Waals surface area (Å²) < 4.78 is 2.11. The number of carbonyl (C=O) groups is 2. The van der Waals surface area contributed by atoms with Gasteiger partial charge in [-0.05, 0) is 84.2 Å². The number of aliphatic hydroxyl groups is 2. The number of carbonyl (C=O) groups excluding carboxylic acids is 2. The molecule has 318 valence electrons. The van der Waals surface area contributed by atoms with Crippen molar-refractivity contribution in [1.29, 1.82) is 0 Å². The van der Waals surface area contributed by atoms with E-state index >= 15 is 0 Å². The van der Waals surface area contributed by atoms with Crippen molar-refractivity contribution < 1.29 is 24.4 Å². The Bertz CT molecular complexity index is 1850. The Morgan fingerprint density at radius 1 is 0.633 bits per heavy atom. The van der Waals surface area contributed by atoms with Gasteiger partial charge >= 0.3 is 0 Å². The molecular weight excluding hydrogens is 787 g/mol. The molecule has 2 aliphatic heterocycles. The van der Waals surface area contributed by atoms with E-state index in [-0.39, 0.29) is 24.0 Å². The Morgan fingerprint density at radius 2 is 1.05 bits per heavy atom. The smallest absolute Gasteiger partial charge is 0.222 e. The zero-order chi connectivity index (χ0) is 42.1. The molecule has 2 atom stereocenters. The molecule has 4 aromatic rings. The van der Waals surface area contributed by atoms with Crippen LogP contribution in [0.4, 0.5) is 11.4 Å². The fourth-order valence-electron chi connectivity index (χ4n) is 7.33. The van der Waals surface area contributed by atoms with Crippen molar-refractivity contribution in [2.24, 2.45) is 0 Å². The number of benzene rings is 3. The Hall–Kier alpha value is -4.55. The number of amides is 2. The SMILES string of the molecule is CN(CCc1ccc(C=Cc2ccc(N3CCC(O)C3)cc2)cc1)C(=O)CCCSSCCCC(=O)N(C)CC[n+]1ccc(C=Cc2ccc(N3CCC(O)C3)cc2)cc1. The van der Waals surface area contributed by atoms with Crippen molar-refractivity contribution >= 4 is 69.1 Å². The lowest BCUT2D eigenvalue weighted by molar-refractivity contribution is -0.696. The first-order valence-corrected chi connectivity index (χ1v) is 23.9. The summed E-state index contributed by atoms with van der Waals surface area (Å²) in [5.41, 5.74) is 8.07. The Morgan fingerprint density at radius 3 is 1.48 bits per heavy atom. The number of nitrogens with zero attached hydrogens (tertiary/aromatic N) is 5. The fraction of sp³-hybridized carbons (Fsp3) is 0.408. The number of rotatable bonds is 21. The van der Waals surface area contributed by atoms with Crippen LogP contribution < -0.4 is 14.4 Å². The van der Waals surface area contributed by atoms with Crippen LogP contribution in [0.15, 0.2) is 97.3 Å². The fourth-order valence-corrected chi connectivity index (χ4v) is 9.50. The summed E-state index contributed by atoms with van der Waals surface area (Å²) in [6, 6.07) is 29.7. The van der Waals surface area contributed by atoms with Gasteiger partial charge in [0.25, 0.3) is 0 Å². The largest absolute Gasteiger partial charge is 0.391 e. The molecule has 0 aliphatic carbocycles. The summed E-state index contributed by atoms with van der Waals surface area (Å²) in [4.78, 5) is 33.6. The first-order chi connectivity index (χ1) is 29.2. The maximum atomic E-state index is 12.7. The zero-order valence-electron chi connectivity index (χ0n) is 35.3. The molecule has 9 nitrogen and oxygen atoms in total. The van der Waals surface area contributed by atoms with E-state index in [9.17, 15) is 19.8 Å². The van der Waals surface area contributed by atoms with Gasteiger partial charge in [-0.15, -0.1) is 0 Å². The first kappa shape index (κ1) is 45.0. The van der Waals surface area contributed by atoms with E-state index in [2.05, 4.69) is 136 Å². The molecule has 11 heteroatoms. The predicted octanol–water partition coefficient (Wildman–Crippen LogP) is 7.56. The second-order valence-electron chi connectivity index (χ2n) is 16.0. The van der Waals surface area contributed by atoms with E-state index in [4.69, 9.17) is 0 Å². The zero-order valence-corrected chi connectivity index (χ0v) is 36.9. The van der Waals surface area contributed by atoms with Crippen LogP contribution in [0, 0.1) is 0 Å². The third-order valence-corrected chi connectivity index (χ3v) is 13.9. The van der Waals surface area contributed by atoms with Gasteiger partial charge in [0.05, 0.1) is 18.8 Å². The lowest BCUT2D eigenvalue weighted by Crippen LogP contribution is -2.40. The van der Waals surface area contributed by atoms with Gasteiger partial charge in [-0.2, -0.15) is 0 Å². The van der Waals surface area contributed by atoms with E-state index in [1.165, 1.54) is 5.56 Å². The molecule has 3 heterocycles. The van der Waals surface area contributed by atoms with E-state index in [0.717, 1.165) is 96.9 Å². The normalized spacial score (nSPS) is 16.7. The van der Waals surface area contributed by atoms with Crippen LogP contribution in [-0.2, 0) is 22.6 Å². The van der Waals surface area contributed by atoms with Crippen molar-refractivity contribution in [3.05, 3.63) is 125 Å². The van der Waals surface area contributed by atoms with Gasteiger partial charge in [-0.1, -0.05) is 94.4 Å². The standard InChI is InChI=1S/C49H62N5O4S2/c1-50(28-23-42-12-9-39(10-13-42)7-8-40-15-19-44(20-16-40)53-31-26-46(55)37-53)48(57)5-3-35-59-60-36-4-6-49(58)51(2)33-34-52-29-24-43(25-30-52)14-11-41-17-21-45(22-18-41)54-32-27-47(56)38-54/h7-22,24-25,29-30,46-47,55-56H,3-6,23,26-28,31-38H2,1-2H3/q+1. The van der Waals surface area contributed by atoms with Crippen molar-refractivity contribution in [1.82, 2.24) is 9.80 Å². The highest BCUT2D eigenvalue weighted by molar-refractivity contribution is 8.76. The maximum Gasteiger partial charge on any atom is 0.222 e. The second-order valence-corrected chi connectivity index (χ2v) is 18.7. The van der Waals surface area contributed by atoms with Crippen LogP contribution >= 0.6 is 21.6 Å². The van der Waals surface area contributed by atoms with E-state index < -0.39 is 0 Å². The molecule has 0 bridgehead atoms. The van der Waals surface area contributed by atoms with E-state index in [1.54, 1.807) is 21.6 Å². The van der Waals surface area contributed by atoms with Crippen molar-refractivity contribution in [3.8, 4) is 0 Å². The molecule has 3 aromatic carbocycles.